The van der Waals surface area contributed by atoms with Gasteiger partial charge >= 0.3 is 5.97 Å². The minimum absolute atomic E-state index is 0.178. The number of amides is 1. The second kappa shape index (κ2) is 7.53. The van der Waals surface area contributed by atoms with Crippen LogP contribution in [0.15, 0.2) is 47.6 Å². The smallest absolute Gasteiger partial charge is 0.355 e. The number of hydrazone groups is 1. The molecule has 2 atom stereocenters. The molecule has 2 aromatic rings. The molecule has 2 heterocycles. The summed E-state index contributed by atoms with van der Waals surface area (Å²) < 4.78 is 5.33. The van der Waals surface area contributed by atoms with E-state index in [4.69, 9.17) is 33.0 Å². The standard InChI is InChI=1S/C23H23Cl2N3O3/c1-5-31-20(29)19-18(13-6-8-14(24)9-7-13)23(28(27-19)22(2,3)4)16-11-10-15(25)12-17(16)26-21(23)30/h6-12,18H,5H2,1-4H3,(H,26,30). The SMILES string of the molecule is CCOC(=O)C1=NN(C(C)(C)C)C2(C(=O)Nc3cc(Cl)ccc32)C1c1ccc(Cl)cc1. The van der Waals surface area contributed by atoms with Crippen LogP contribution in [0.4, 0.5) is 5.69 Å². The zero-order valence-corrected chi connectivity index (χ0v) is 19.2. The van der Waals surface area contributed by atoms with E-state index in [0.29, 0.717) is 21.3 Å². The van der Waals surface area contributed by atoms with E-state index >= 15 is 0 Å². The van der Waals surface area contributed by atoms with Crippen LogP contribution in [0.5, 0.6) is 0 Å². The van der Waals surface area contributed by atoms with Crippen LogP contribution in [-0.2, 0) is 19.9 Å². The Labute approximate surface area is 191 Å². The predicted molar refractivity (Wildman–Crippen MR) is 122 cm³/mol. The molecule has 0 aliphatic carbocycles. The number of carbonyl (C=O) groups is 2. The molecule has 0 radical (unpaired) electrons. The Morgan fingerprint density at radius 3 is 2.42 bits per heavy atom. The molecule has 2 aromatic carbocycles. The number of nitrogens with one attached hydrogen (secondary N) is 1. The summed E-state index contributed by atoms with van der Waals surface area (Å²) in [5, 5.41) is 10.5. The molecule has 31 heavy (non-hydrogen) atoms. The third-order valence-corrected chi connectivity index (χ3v) is 6.03. The molecule has 0 saturated carbocycles. The molecule has 0 fully saturated rings. The van der Waals surface area contributed by atoms with Gasteiger partial charge in [-0.05, 0) is 57.5 Å². The van der Waals surface area contributed by atoms with Crippen LogP contribution in [0.2, 0.25) is 10.0 Å². The molecular weight excluding hydrogens is 437 g/mol. The van der Waals surface area contributed by atoms with Crippen LogP contribution >= 0.6 is 23.2 Å². The highest BCUT2D eigenvalue weighted by molar-refractivity contribution is 6.41. The Morgan fingerprint density at radius 2 is 1.81 bits per heavy atom. The van der Waals surface area contributed by atoms with Gasteiger partial charge in [-0.2, -0.15) is 5.10 Å². The quantitative estimate of drug-likeness (QED) is 0.658. The molecule has 0 bridgehead atoms. The summed E-state index contributed by atoms with van der Waals surface area (Å²) in [4.78, 5) is 26.8. The lowest BCUT2D eigenvalue weighted by Crippen LogP contribution is -2.56. The third kappa shape index (κ3) is 3.29. The lowest BCUT2D eigenvalue weighted by atomic mass is 9.72. The van der Waals surface area contributed by atoms with Crippen LogP contribution in [0.1, 0.15) is 44.7 Å². The number of fused-ring (bicyclic) bond motifs is 2. The van der Waals surface area contributed by atoms with Gasteiger partial charge in [0.2, 0.25) is 0 Å². The fraction of sp³-hybridized carbons (Fsp3) is 0.348. The highest BCUT2D eigenvalue weighted by Gasteiger charge is 2.65. The van der Waals surface area contributed by atoms with Gasteiger partial charge in [0.05, 0.1) is 18.1 Å². The molecule has 1 N–H and O–H groups in total. The van der Waals surface area contributed by atoms with E-state index in [9.17, 15) is 9.59 Å². The van der Waals surface area contributed by atoms with E-state index in [1.54, 1.807) is 36.2 Å². The van der Waals surface area contributed by atoms with Crippen LogP contribution < -0.4 is 5.32 Å². The van der Waals surface area contributed by atoms with Gasteiger partial charge in [0.1, 0.15) is 0 Å². The second-order valence-corrected chi connectivity index (χ2v) is 9.46. The largest absolute Gasteiger partial charge is 0.461 e. The summed E-state index contributed by atoms with van der Waals surface area (Å²) in [6.07, 6.45) is 0. The van der Waals surface area contributed by atoms with Gasteiger partial charge in [-0.15, -0.1) is 0 Å². The Morgan fingerprint density at radius 1 is 1.16 bits per heavy atom. The lowest BCUT2D eigenvalue weighted by Gasteiger charge is -2.44. The number of esters is 1. The Bertz CT molecular complexity index is 1090. The van der Waals surface area contributed by atoms with Crippen molar-refractivity contribution in [3.05, 3.63) is 63.6 Å². The van der Waals surface area contributed by atoms with Crippen molar-refractivity contribution in [3.8, 4) is 0 Å². The van der Waals surface area contributed by atoms with E-state index in [0.717, 1.165) is 5.56 Å². The van der Waals surface area contributed by atoms with Gasteiger partial charge in [-0.1, -0.05) is 41.4 Å². The lowest BCUT2D eigenvalue weighted by molar-refractivity contribution is -0.135. The molecule has 6 nitrogen and oxygen atoms in total. The summed E-state index contributed by atoms with van der Waals surface area (Å²) in [5.74, 6) is -1.53. The van der Waals surface area contributed by atoms with Crippen molar-refractivity contribution in [2.24, 2.45) is 5.10 Å². The fourth-order valence-electron chi connectivity index (χ4n) is 4.45. The van der Waals surface area contributed by atoms with Crippen molar-refractivity contribution in [1.82, 2.24) is 5.01 Å². The zero-order chi connectivity index (χ0) is 22.6. The Hall–Kier alpha value is -2.57. The van der Waals surface area contributed by atoms with E-state index in [-0.39, 0.29) is 18.2 Å². The normalized spacial score (nSPS) is 22.4. The monoisotopic (exact) mass is 459 g/mol. The molecular formula is C23H23Cl2N3O3. The molecule has 2 aliphatic rings. The number of anilines is 1. The molecule has 2 aliphatic heterocycles. The highest BCUT2D eigenvalue weighted by Crippen LogP contribution is 2.56. The van der Waals surface area contributed by atoms with Gasteiger partial charge in [0.25, 0.3) is 5.91 Å². The molecule has 8 heteroatoms. The molecule has 2 unspecified atom stereocenters. The van der Waals surface area contributed by atoms with Crippen molar-refractivity contribution in [1.29, 1.82) is 0 Å². The highest BCUT2D eigenvalue weighted by atomic mass is 35.5. The number of nitrogens with zero attached hydrogens (tertiary/aromatic N) is 2. The van der Waals surface area contributed by atoms with Gasteiger partial charge in [0, 0.05) is 21.3 Å². The van der Waals surface area contributed by atoms with E-state index in [2.05, 4.69) is 5.32 Å². The first-order valence-corrected chi connectivity index (χ1v) is 10.8. The molecule has 0 aromatic heterocycles. The van der Waals surface area contributed by atoms with Crippen molar-refractivity contribution in [2.45, 2.75) is 44.7 Å². The van der Waals surface area contributed by atoms with Gasteiger partial charge in [0.15, 0.2) is 11.3 Å². The number of benzene rings is 2. The van der Waals surface area contributed by atoms with Crippen molar-refractivity contribution in [2.75, 3.05) is 11.9 Å². The van der Waals surface area contributed by atoms with Crippen LogP contribution in [0.25, 0.3) is 0 Å². The summed E-state index contributed by atoms with van der Waals surface area (Å²) in [5.41, 5.74) is 0.356. The summed E-state index contributed by atoms with van der Waals surface area (Å²) in [6.45, 7) is 7.79. The predicted octanol–water partition coefficient (Wildman–Crippen LogP) is 4.96. The maximum absolute atomic E-state index is 13.8. The summed E-state index contributed by atoms with van der Waals surface area (Å²) in [7, 11) is 0. The first-order valence-electron chi connectivity index (χ1n) is 10.0. The maximum Gasteiger partial charge on any atom is 0.355 e. The number of halogens is 2. The number of ether oxygens (including phenoxy) is 1. The maximum atomic E-state index is 13.8. The Kier molecular flexibility index (Phi) is 5.26. The second-order valence-electron chi connectivity index (χ2n) is 8.58. The number of rotatable bonds is 3. The van der Waals surface area contributed by atoms with Crippen LogP contribution in [0.3, 0.4) is 0 Å². The molecule has 4 rings (SSSR count). The topological polar surface area (TPSA) is 71.0 Å². The fourth-order valence-corrected chi connectivity index (χ4v) is 4.75. The van der Waals surface area contributed by atoms with Gasteiger partial charge in [-0.3, -0.25) is 9.80 Å². The average molecular weight is 460 g/mol. The third-order valence-electron chi connectivity index (χ3n) is 5.54. The van der Waals surface area contributed by atoms with E-state index < -0.39 is 23.0 Å². The zero-order valence-electron chi connectivity index (χ0n) is 17.7. The van der Waals surface area contributed by atoms with Crippen molar-refractivity contribution in [3.63, 3.8) is 0 Å². The summed E-state index contributed by atoms with van der Waals surface area (Å²) in [6, 6.07) is 12.4. The minimum atomic E-state index is -1.28. The molecule has 0 saturated heterocycles. The minimum Gasteiger partial charge on any atom is -0.461 e. The molecule has 162 valence electrons. The molecule has 1 amide bonds. The number of hydrogen-bond donors (Lipinski definition) is 1. The Balaban J connectivity index is 2.04. The van der Waals surface area contributed by atoms with Gasteiger partial charge in [-0.25, -0.2) is 4.79 Å². The van der Waals surface area contributed by atoms with E-state index in [1.807, 2.05) is 39.0 Å². The first-order chi connectivity index (χ1) is 14.6. The first kappa shape index (κ1) is 21.7. The van der Waals surface area contributed by atoms with E-state index in [1.165, 1.54) is 0 Å². The summed E-state index contributed by atoms with van der Waals surface area (Å²) >= 11 is 12.3. The number of carbonyl (C=O) groups excluding carboxylic acids is 2. The van der Waals surface area contributed by atoms with Crippen LogP contribution in [0, 0.1) is 0 Å². The average Bonchev–Trinajstić information content (AvgIpc) is 3.19. The van der Waals surface area contributed by atoms with Crippen molar-refractivity contribution >= 4 is 46.5 Å². The number of hydrogen-bond acceptors (Lipinski definition) is 5. The van der Waals surface area contributed by atoms with Crippen LogP contribution in [-0.4, -0.2) is 34.7 Å². The van der Waals surface area contributed by atoms with Gasteiger partial charge < -0.3 is 10.1 Å². The van der Waals surface area contributed by atoms with Crippen molar-refractivity contribution < 1.29 is 14.3 Å². The molecule has 1 spiro atoms.